The van der Waals surface area contributed by atoms with Crippen LogP contribution in [0.25, 0.3) is 0 Å². The molecule has 1 aliphatic heterocycles. The van der Waals surface area contributed by atoms with E-state index in [9.17, 15) is 0 Å². The van der Waals surface area contributed by atoms with Gasteiger partial charge in [-0.25, -0.2) is 0 Å². The molecule has 0 saturated carbocycles. The Morgan fingerprint density at radius 3 is 3.15 bits per heavy atom. The zero-order chi connectivity index (χ0) is 9.10. The summed E-state index contributed by atoms with van der Waals surface area (Å²) in [4.78, 5) is 4.33. The number of aryl methyl sites for hydroxylation is 1. The van der Waals surface area contributed by atoms with Gasteiger partial charge in [0.1, 0.15) is 0 Å². The maximum atomic E-state index is 5.08. The van der Waals surface area contributed by atoms with Crippen molar-refractivity contribution in [1.29, 1.82) is 0 Å². The van der Waals surface area contributed by atoms with Gasteiger partial charge in [0, 0.05) is 18.9 Å². The number of nitrogens with zero attached hydrogens (tertiary/aromatic N) is 2. The van der Waals surface area contributed by atoms with Crippen molar-refractivity contribution in [3.05, 3.63) is 11.7 Å². The highest BCUT2D eigenvalue weighted by atomic mass is 16.5. The molecule has 1 saturated heterocycles. The van der Waals surface area contributed by atoms with Crippen molar-refractivity contribution in [2.45, 2.75) is 32.1 Å². The van der Waals surface area contributed by atoms with Gasteiger partial charge in [0.15, 0.2) is 5.82 Å². The molecule has 0 radical (unpaired) electrons. The Kier molecular flexibility index (Phi) is 2.59. The van der Waals surface area contributed by atoms with Gasteiger partial charge in [-0.1, -0.05) is 12.1 Å². The average Bonchev–Trinajstić information content (AvgIpc) is 2.67. The van der Waals surface area contributed by atoms with Gasteiger partial charge in [-0.3, -0.25) is 0 Å². The van der Waals surface area contributed by atoms with Crippen LogP contribution in [-0.2, 0) is 6.42 Å². The second-order valence-electron chi connectivity index (χ2n) is 3.44. The van der Waals surface area contributed by atoms with Crippen molar-refractivity contribution in [3.8, 4) is 0 Å². The van der Waals surface area contributed by atoms with E-state index in [1.54, 1.807) is 0 Å². The molecule has 0 aromatic carbocycles. The molecule has 2 heterocycles. The maximum absolute atomic E-state index is 5.08. The number of aromatic nitrogens is 2. The van der Waals surface area contributed by atoms with Crippen LogP contribution >= 0.6 is 0 Å². The smallest absolute Gasteiger partial charge is 0.226 e. The molecule has 1 fully saturated rings. The molecule has 2 rings (SSSR count). The molecule has 0 spiro atoms. The van der Waals surface area contributed by atoms with Crippen molar-refractivity contribution in [2.75, 3.05) is 13.1 Å². The lowest BCUT2D eigenvalue weighted by Crippen LogP contribution is -2.28. The van der Waals surface area contributed by atoms with Crippen LogP contribution in [0.3, 0.4) is 0 Å². The molecular weight excluding hydrogens is 166 g/mol. The minimum absolute atomic E-state index is 0.456. The van der Waals surface area contributed by atoms with E-state index in [0.717, 1.165) is 31.2 Å². The van der Waals surface area contributed by atoms with Crippen molar-refractivity contribution in [2.24, 2.45) is 0 Å². The Balaban J connectivity index is 2.05. The Bertz CT molecular complexity index is 266. The van der Waals surface area contributed by atoms with Crippen LogP contribution in [0, 0.1) is 0 Å². The average molecular weight is 181 g/mol. The third-order valence-electron chi connectivity index (χ3n) is 2.45. The summed E-state index contributed by atoms with van der Waals surface area (Å²) in [5.74, 6) is 2.09. The Morgan fingerprint density at radius 1 is 1.62 bits per heavy atom. The summed E-state index contributed by atoms with van der Waals surface area (Å²) in [6.07, 6.45) is 3.21. The molecule has 4 heteroatoms. The predicted molar refractivity (Wildman–Crippen MR) is 48.5 cm³/mol. The largest absolute Gasteiger partial charge is 0.339 e. The summed E-state index contributed by atoms with van der Waals surface area (Å²) in [7, 11) is 0. The van der Waals surface area contributed by atoms with Gasteiger partial charge in [-0.05, 0) is 19.4 Å². The van der Waals surface area contributed by atoms with E-state index in [-0.39, 0.29) is 0 Å². The summed E-state index contributed by atoms with van der Waals surface area (Å²) in [5.41, 5.74) is 0. The molecule has 0 aliphatic carbocycles. The lowest BCUT2D eigenvalue weighted by Gasteiger charge is -2.19. The van der Waals surface area contributed by atoms with Crippen molar-refractivity contribution in [1.82, 2.24) is 15.5 Å². The second-order valence-corrected chi connectivity index (χ2v) is 3.44. The maximum Gasteiger partial charge on any atom is 0.226 e. The van der Waals surface area contributed by atoms with Crippen molar-refractivity contribution < 1.29 is 4.52 Å². The summed E-state index contributed by atoms with van der Waals surface area (Å²) >= 11 is 0. The second kappa shape index (κ2) is 3.87. The Labute approximate surface area is 77.7 Å². The first kappa shape index (κ1) is 8.69. The highest BCUT2D eigenvalue weighted by Crippen LogP contribution is 2.20. The molecule has 1 N–H and O–H groups in total. The molecule has 0 unspecified atom stereocenters. The molecule has 0 bridgehead atoms. The van der Waals surface area contributed by atoms with Gasteiger partial charge >= 0.3 is 0 Å². The summed E-state index contributed by atoms with van der Waals surface area (Å²) < 4.78 is 5.08. The van der Waals surface area contributed by atoms with E-state index in [2.05, 4.69) is 15.5 Å². The van der Waals surface area contributed by atoms with E-state index in [0.29, 0.717) is 5.92 Å². The SMILES string of the molecule is CCc1nc([C@@H]2CCCNC2)no1. The Morgan fingerprint density at radius 2 is 2.54 bits per heavy atom. The zero-order valence-corrected chi connectivity index (χ0v) is 7.92. The van der Waals surface area contributed by atoms with E-state index < -0.39 is 0 Å². The molecule has 4 nitrogen and oxygen atoms in total. The summed E-state index contributed by atoms with van der Waals surface area (Å²) in [5, 5.41) is 7.32. The van der Waals surface area contributed by atoms with Crippen LogP contribution in [0.2, 0.25) is 0 Å². The molecule has 1 aliphatic rings. The first-order chi connectivity index (χ1) is 6.40. The summed E-state index contributed by atoms with van der Waals surface area (Å²) in [6.45, 7) is 4.13. The molecule has 0 amide bonds. The van der Waals surface area contributed by atoms with E-state index in [1.807, 2.05) is 6.92 Å². The molecule has 72 valence electrons. The summed E-state index contributed by atoms with van der Waals surface area (Å²) in [6, 6.07) is 0. The predicted octanol–water partition coefficient (Wildman–Crippen LogP) is 1.10. The minimum Gasteiger partial charge on any atom is -0.339 e. The van der Waals surface area contributed by atoms with Gasteiger partial charge in [-0.2, -0.15) is 4.98 Å². The highest BCUT2D eigenvalue weighted by molar-refractivity contribution is 4.97. The topological polar surface area (TPSA) is 51.0 Å². The van der Waals surface area contributed by atoms with Gasteiger partial charge in [0.25, 0.3) is 0 Å². The quantitative estimate of drug-likeness (QED) is 0.742. The van der Waals surface area contributed by atoms with Crippen LogP contribution in [0.15, 0.2) is 4.52 Å². The lowest BCUT2D eigenvalue weighted by atomic mass is 9.99. The number of piperidine rings is 1. The number of nitrogens with one attached hydrogen (secondary N) is 1. The molecule has 13 heavy (non-hydrogen) atoms. The fourth-order valence-electron chi connectivity index (χ4n) is 1.65. The van der Waals surface area contributed by atoms with Gasteiger partial charge in [0.2, 0.25) is 5.89 Å². The third-order valence-corrected chi connectivity index (χ3v) is 2.45. The zero-order valence-electron chi connectivity index (χ0n) is 7.92. The highest BCUT2D eigenvalue weighted by Gasteiger charge is 2.19. The van der Waals surface area contributed by atoms with E-state index >= 15 is 0 Å². The fourth-order valence-corrected chi connectivity index (χ4v) is 1.65. The van der Waals surface area contributed by atoms with Crippen LogP contribution in [0.5, 0.6) is 0 Å². The van der Waals surface area contributed by atoms with Crippen LogP contribution in [0.1, 0.15) is 37.4 Å². The standard InChI is InChI=1S/C9H15N3O/c1-2-8-11-9(12-13-8)7-4-3-5-10-6-7/h7,10H,2-6H2,1H3/t7-/m1/s1. The number of rotatable bonds is 2. The van der Waals surface area contributed by atoms with Gasteiger partial charge in [-0.15, -0.1) is 0 Å². The van der Waals surface area contributed by atoms with Crippen LogP contribution in [0.4, 0.5) is 0 Å². The minimum atomic E-state index is 0.456. The Hall–Kier alpha value is -0.900. The van der Waals surface area contributed by atoms with Crippen molar-refractivity contribution in [3.63, 3.8) is 0 Å². The molecule has 1 atom stereocenters. The first-order valence-electron chi connectivity index (χ1n) is 4.93. The number of hydrogen-bond donors (Lipinski definition) is 1. The van der Waals surface area contributed by atoms with Gasteiger partial charge < -0.3 is 9.84 Å². The van der Waals surface area contributed by atoms with Crippen LogP contribution < -0.4 is 5.32 Å². The molecule has 1 aromatic heterocycles. The molecule has 1 aromatic rings. The lowest BCUT2D eigenvalue weighted by molar-refractivity contribution is 0.364. The normalized spacial score (nSPS) is 23.3. The third kappa shape index (κ3) is 1.88. The number of hydrogen-bond acceptors (Lipinski definition) is 4. The first-order valence-corrected chi connectivity index (χ1v) is 4.93. The monoisotopic (exact) mass is 181 g/mol. The van der Waals surface area contributed by atoms with Crippen molar-refractivity contribution >= 4 is 0 Å². The fraction of sp³-hybridized carbons (Fsp3) is 0.778. The van der Waals surface area contributed by atoms with E-state index in [1.165, 1.54) is 12.8 Å². The molecular formula is C9H15N3O. The van der Waals surface area contributed by atoms with Gasteiger partial charge in [0.05, 0.1) is 0 Å². The van der Waals surface area contributed by atoms with Crippen LogP contribution in [-0.4, -0.2) is 23.2 Å². The van der Waals surface area contributed by atoms with E-state index in [4.69, 9.17) is 4.52 Å².